The Hall–Kier alpha value is -1.86. The van der Waals surface area contributed by atoms with Gasteiger partial charge in [-0.05, 0) is 42.3 Å². The van der Waals surface area contributed by atoms with Gasteiger partial charge in [0.15, 0.2) is 0 Å². The number of amides is 1. The van der Waals surface area contributed by atoms with Gasteiger partial charge in [0.25, 0.3) is 5.91 Å². The number of carbonyl (C=O) groups is 2. The summed E-state index contributed by atoms with van der Waals surface area (Å²) in [4.78, 5) is 24.8. The molecule has 0 saturated heterocycles. The summed E-state index contributed by atoms with van der Waals surface area (Å²) >= 11 is 3.19. The van der Waals surface area contributed by atoms with Gasteiger partial charge in [0.2, 0.25) is 0 Å². The quantitative estimate of drug-likeness (QED) is 0.785. The number of thiophene rings is 1. The third-order valence-corrected chi connectivity index (χ3v) is 5.24. The SMILES string of the molecule is CSCC(Cc1cccs1)NC(=O)c1c(F)ccc(C(=O)O)c1C. The fraction of sp³-hybridized carbons (Fsp3) is 0.294. The molecule has 0 fully saturated rings. The molecule has 2 rings (SSSR count). The summed E-state index contributed by atoms with van der Waals surface area (Å²) in [5.41, 5.74) is -0.132. The topological polar surface area (TPSA) is 66.4 Å². The second-order valence-corrected chi connectivity index (χ2v) is 7.25. The smallest absolute Gasteiger partial charge is 0.335 e. The number of hydrogen-bond acceptors (Lipinski definition) is 4. The lowest BCUT2D eigenvalue weighted by Gasteiger charge is -2.18. The molecule has 1 unspecified atom stereocenters. The molecule has 0 aliphatic heterocycles. The Bertz CT molecular complexity index is 732. The minimum atomic E-state index is -1.18. The number of benzene rings is 1. The van der Waals surface area contributed by atoms with Crippen LogP contribution in [0.25, 0.3) is 0 Å². The molecule has 4 nitrogen and oxygen atoms in total. The molecule has 2 aromatic rings. The Kier molecular flexibility index (Phi) is 6.39. The number of thioether (sulfide) groups is 1. The van der Waals surface area contributed by atoms with Gasteiger partial charge in [-0.15, -0.1) is 11.3 Å². The Morgan fingerprint density at radius 1 is 1.38 bits per heavy atom. The molecule has 1 aromatic carbocycles. The third-order valence-electron chi connectivity index (χ3n) is 3.60. The van der Waals surface area contributed by atoms with Crippen molar-refractivity contribution in [1.82, 2.24) is 5.32 Å². The van der Waals surface area contributed by atoms with Crippen molar-refractivity contribution < 1.29 is 19.1 Å². The van der Waals surface area contributed by atoms with Crippen LogP contribution in [-0.4, -0.2) is 35.0 Å². The lowest BCUT2D eigenvalue weighted by molar-refractivity contribution is 0.0696. The fourth-order valence-corrected chi connectivity index (χ4v) is 3.86. The number of carboxylic acids is 1. The predicted molar refractivity (Wildman–Crippen MR) is 95.8 cm³/mol. The van der Waals surface area contributed by atoms with Crippen LogP contribution in [0.3, 0.4) is 0 Å². The van der Waals surface area contributed by atoms with E-state index in [9.17, 15) is 14.0 Å². The van der Waals surface area contributed by atoms with Crippen LogP contribution in [0.15, 0.2) is 29.6 Å². The van der Waals surface area contributed by atoms with Crippen LogP contribution in [0.5, 0.6) is 0 Å². The summed E-state index contributed by atoms with van der Waals surface area (Å²) in [5, 5.41) is 13.9. The minimum Gasteiger partial charge on any atom is -0.478 e. The summed E-state index contributed by atoms with van der Waals surface area (Å²) < 4.78 is 14.1. The Morgan fingerprint density at radius 2 is 2.12 bits per heavy atom. The van der Waals surface area contributed by atoms with Crippen LogP contribution >= 0.6 is 23.1 Å². The Morgan fingerprint density at radius 3 is 2.71 bits per heavy atom. The number of rotatable bonds is 7. The molecule has 128 valence electrons. The monoisotopic (exact) mass is 367 g/mol. The molecule has 0 saturated carbocycles. The van der Waals surface area contributed by atoms with Gasteiger partial charge >= 0.3 is 5.97 Å². The maximum atomic E-state index is 14.1. The van der Waals surface area contributed by atoms with Crippen molar-refractivity contribution in [2.45, 2.75) is 19.4 Å². The highest BCUT2D eigenvalue weighted by Crippen LogP contribution is 2.19. The molecule has 0 spiro atoms. The molecule has 1 aromatic heterocycles. The molecule has 0 aliphatic carbocycles. The highest BCUT2D eigenvalue weighted by Gasteiger charge is 2.22. The van der Waals surface area contributed by atoms with Gasteiger partial charge in [-0.25, -0.2) is 9.18 Å². The van der Waals surface area contributed by atoms with Crippen LogP contribution < -0.4 is 5.32 Å². The van der Waals surface area contributed by atoms with E-state index >= 15 is 0 Å². The van der Waals surface area contributed by atoms with Crippen molar-refractivity contribution >= 4 is 35.0 Å². The van der Waals surface area contributed by atoms with E-state index < -0.39 is 17.7 Å². The van der Waals surface area contributed by atoms with Crippen LogP contribution in [0.2, 0.25) is 0 Å². The van der Waals surface area contributed by atoms with Crippen molar-refractivity contribution in [2.24, 2.45) is 0 Å². The van der Waals surface area contributed by atoms with Gasteiger partial charge in [0.05, 0.1) is 11.1 Å². The average Bonchev–Trinajstić information content (AvgIpc) is 3.00. The van der Waals surface area contributed by atoms with Crippen molar-refractivity contribution in [1.29, 1.82) is 0 Å². The van der Waals surface area contributed by atoms with Crippen molar-refractivity contribution in [2.75, 3.05) is 12.0 Å². The van der Waals surface area contributed by atoms with Crippen molar-refractivity contribution in [3.05, 3.63) is 57.0 Å². The summed E-state index contributed by atoms with van der Waals surface area (Å²) in [7, 11) is 0. The normalized spacial score (nSPS) is 12.0. The number of hydrogen-bond donors (Lipinski definition) is 2. The molecule has 1 heterocycles. The van der Waals surface area contributed by atoms with E-state index in [1.54, 1.807) is 23.1 Å². The second-order valence-electron chi connectivity index (χ2n) is 5.31. The summed E-state index contributed by atoms with van der Waals surface area (Å²) in [6, 6.07) is 5.97. The summed E-state index contributed by atoms with van der Waals surface area (Å²) in [5.74, 6) is -1.79. The molecule has 1 atom stereocenters. The molecule has 24 heavy (non-hydrogen) atoms. The maximum absolute atomic E-state index is 14.1. The van der Waals surface area contributed by atoms with E-state index in [1.807, 2.05) is 23.8 Å². The molecule has 1 amide bonds. The van der Waals surface area contributed by atoms with Crippen LogP contribution in [0.4, 0.5) is 4.39 Å². The molecule has 0 aliphatic rings. The van der Waals surface area contributed by atoms with Gasteiger partial charge in [0, 0.05) is 23.1 Å². The maximum Gasteiger partial charge on any atom is 0.335 e. The van der Waals surface area contributed by atoms with Gasteiger partial charge in [-0.2, -0.15) is 11.8 Å². The molecular formula is C17H18FNO3S2. The van der Waals surface area contributed by atoms with E-state index in [1.165, 1.54) is 13.0 Å². The first-order chi connectivity index (χ1) is 11.4. The zero-order chi connectivity index (χ0) is 17.7. The lowest BCUT2D eigenvalue weighted by Crippen LogP contribution is -2.39. The zero-order valence-electron chi connectivity index (χ0n) is 13.3. The largest absolute Gasteiger partial charge is 0.478 e. The highest BCUT2D eigenvalue weighted by molar-refractivity contribution is 7.98. The van der Waals surface area contributed by atoms with E-state index in [4.69, 9.17) is 5.11 Å². The average molecular weight is 367 g/mol. The molecule has 2 N–H and O–H groups in total. The lowest BCUT2D eigenvalue weighted by atomic mass is 10.0. The number of halogens is 1. The van der Waals surface area contributed by atoms with Crippen LogP contribution in [0.1, 0.15) is 31.2 Å². The first-order valence-electron chi connectivity index (χ1n) is 7.28. The van der Waals surface area contributed by atoms with E-state index in [0.717, 1.165) is 10.9 Å². The van der Waals surface area contributed by atoms with Crippen molar-refractivity contribution in [3.8, 4) is 0 Å². The van der Waals surface area contributed by atoms with Crippen LogP contribution in [-0.2, 0) is 6.42 Å². The first-order valence-corrected chi connectivity index (χ1v) is 9.56. The highest BCUT2D eigenvalue weighted by atomic mass is 32.2. The van der Waals surface area contributed by atoms with Gasteiger partial charge in [-0.3, -0.25) is 4.79 Å². The molecule has 0 bridgehead atoms. The number of carbonyl (C=O) groups excluding carboxylic acids is 1. The number of aromatic carboxylic acids is 1. The second kappa shape index (κ2) is 8.30. The van der Waals surface area contributed by atoms with E-state index in [2.05, 4.69) is 5.32 Å². The Balaban J connectivity index is 2.23. The zero-order valence-corrected chi connectivity index (χ0v) is 15.0. The number of nitrogens with one attached hydrogen (secondary N) is 1. The van der Waals surface area contributed by atoms with Gasteiger partial charge < -0.3 is 10.4 Å². The summed E-state index contributed by atoms with van der Waals surface area (Å²) in [6.45, 7) is 1.45. The summed E-state index contributed by atoms with van der Waals surface area (Å²) in [6.07, 6.45) is 2.59. The number of carboxylic acid groups (broad SMARTS) is 1. The fourth-order valence-electron chi connectivity index (χ4n) is 2.47. The van der Waals surface area contributed by atoms with E-state index in [-0.39, 0.29) is 22.7 Å². The minimum absolute atomic E-state index is 0.0683. The van der Waals surface area contributed by atoms with Crippen molar-refractivity contribution in [3.63, 3.8) is 0 Å². The third kappa shape index (κ3) is 4.36. The first kappa shape index (κ1) is 18.5. The molecule has 0 radical (unpaired) electrons. The molecular weight excluding hydrogens is 349 g/mol. The van der Waals surface area contributed by atoms with Gasteiger partial charge in [-0.1, -0.05) is 6.07 Å². The van der Waals surface area contributed by atoms with E-state index in [0.29, 0.717) is 12.2 Å². The standard InChI is InChI=1S/C17H18FNO3S2/c1-10-13(17(21)22)5-6-14(18)15(10)16(20)19-11(9-23-2)8-12-4-3-7-24-12/h3-7,11H,8-9H2,1-2H3,(H,19,20)(H,21,22). The van der Waals surface area contributed by atoms with Gasteiger partial charge in [0.1, 0.15) is 5.82 Å². The predicted octanol–water partition coefficient (Wildman–Crippen LogP) is 3.60. The Labute approximate surface area is 148 Å². The van der Waals surface area contributed by atoms with Crippen LogP contribution in [0, 0.1) is 12.7 Å². The molecule has 7 heteroatoms.